The third-order valence-electron chi connectivity index (χ3n) is 4.61. The first-order chi connectivity index (χ1) is 14.2. The maximum Gasteiger partial charge on any atom is 0.225 e. The highest BCUT2D eigenvalue weighted by Gasteiger charge is 2.13. The molecule has 0 aliphatic heterocycles. The quantitative estimate of drug-likeness (QED) is 0.493. The largest absolute Gasteiger partial charge is 0.454 e. The van der Waals surface area contributed by atoms with Gasteiger partial charge in [0.1, 0.15) is 11.3 Å². The fraction of sp³-hybridized carbons (Fsp3) is 0.182. The minimum absolute atomic E-state index is 0.105. The summed E-state index contributed by atoms with van der Waals surface area (Å²) in [5.74, 6) is 1.03. The Morgan fingerprint density at radius 1 is 1.24 bits per heavy atom. The van der Waals surface area contributed by atoms with Crippen LogP contribution in [0.3, 0.4) is 0 Å². The van der Waals surface area contributed by atoms with E-state index in [4.69, 9.17) is 4.42 Å². The zero-order valence-corrected chi connectivity index (χ0v) is 16.3. The second kappa shape index (κ2) is 8.10. The molecule has 7 heteroatoms. The summed E-state index contributed by atoms with van der Waals surface area (Å²) in [4.78, 5) is 20.7. The number of hydrogen-bond acceptors (Lipinski definition) is 5. The monoisotopic (exact) mass is 387 g/mol. The lowest BCUT2D eigenvalue weighted by atomic mass is 10.1. The second-order valence-corrected chi connectivity index (χ2v) is 6.58. The van der Waals surface area contributed by atoms with Crippen LogP contribution >= 0.6 is 0 Å². The van der Waals surface area contributed by atoms with Gasteiger partial charge in [-0.3, -0.25) is 9.79 Å². The molecule has 0 saturated carbocycles. The van der Waals surface area contributed by atoms with Crippen LogP contribution in [0, 0.1) is 0 Å². The molecule has 0 aliphatic carbocycles. The van der Waals surface area contributed by atoms with E-state index in [2.05, 4.69) is 20.4 Å². The number of carbonyl (C=O) groups is 1. The van der Waals surface area contributed by atoms with E-state index in [0.29, 0.717) is 30.1 Å². The predicted octanol–water partition coefficient (Wildman–Crippen LogP) is 4.51. The fourth-order valence-corrected chi connectivity index (χ4v) is 3.13. The number of allylic oxidation sites excluding steroid dienone is 2. The first kappa shape index (κ1) is 18.6. The third kappa shape index (κ3) is 3.94. The Bertz CT molecular complexity index is 1200. The van der Waals surface area contributed by atoms with Gasteiger partial charge in [-0.15, -0.1) is 5.10 Å². The Morgan fingerprint density at radius 2 is 2.10 bits per heavy atom. The summed E-state index contributed by atoms with van der Waals surface area (Å²) in [7, 11) is 1.72. The van der Waals surface area contributed by atoms with Crippen molar-refractivity contribution < 1.29 is 9.21 Å². The van der Waals surface area contributed by atoms with Crippen molar-refractivity contribution in [3.63, 3.8) is 0 Å². The number of rotatable bonds is 6. The van der Waals surface area contributed by atoms with Crippen molar-refractivity contribution in [1.29, 1.82) is 0 Å². The molecule has 1 N–H and O–H groups in total. The van der Waals surface area contributed by atoms with Gasteiger partial charge in [0.2, 0.25) is 5.91 Å². The molecule has 3 aromatic heterocycles. The van der Waals surface area contributed by atoms with Crippen molar-refractivity contribution in [2.75, 3.05) is 12.4 Å². The van der Waals surface area contributed by atoms with Crippen LogP contribution in [0.4, 0.5) is 5.82 Å². The van der Waals surface area contributed by atoms with Crippen LogP contribution < -0.4 is 5.32 Å². The van der Waals surface area contributed by atoms with Gasteiger partial charge in [-0.05, 0) is 43.2 Å². The number of carbonyl (C=O) groups excluding carboxylic acids is 1. The van der Waals surface area contributed by atoms with Crippen molar-refractivity contribution in [2.24, 2.45) is 4.99 Å². The molecule has 0 saturated heterocycles. The average Bonchev–Trinajstić information content (AvgIpc) is 3.34. The van der Waals surface area contributed by atoms with Crippen LogP contribution in [0.25, 0.3) is 28.1 Å². The standard InChI is InChI=1S/C22H21N5O2/c1-3-15(13-23-2)8-11-22(28)25-20-9-10-21-24-14-17(27(21)26-20)19-12-16-6-4-5-7-18(16)29-19/h3-7,9-10,12-14H,8,11H2,1-2H3,(H,25,26,28)/b15-3-,23-13?. The van der Waals surface area contributed by atoms with Gasteiger partial charge in [-0.2, -0.15) is 0 Å². The van der Waals surface area contributed by atoms with Gasteiger partial charge < -0.3 is 9.73 Å². The Kier molecular flexibility index (Phi) is 5.20. The summed E-state index contributed by atoms with van der Waals surface area (Å²) in [5, 5.41) is 8.39. The molecule has 0 radical (unpaired) electrons. The lowest BCUT2D eigenvalue weighted by molar-refractivity contribution is -0.116. The molecule has 4 aromatic rings. The highest BCUT2D eigenvalue weighted by atomic mass is 16.3. The van der Waals surface area contributed by atoms with Gasteiger partial charge in [0.15, 0.2) is 17.2 Å². The summed E-state index contributed by atoms with van der Waals surface area (Å²) in [5.41, 5.74) is 3.22. The van der Waals surface area contributed by atoms with Gasteiger partial charge in [0, 0.05) is 25.1 Å². The molecular formula is C22H21N5O2. The lowest BCUT2D eigenvalue weighted by Gasteiger charge is -2.06. The topological polar surface area (TPSA) is 84.8 Å². The molecule has 1 amide bonds. The summed E-state index contributed by atoms with van der Waals surface area (Å²) >= 11 is 0. The lowest BCUT2D eigenvalue weighted by Crippen LogP contribution is -2.14. The van der Waals surface area contributed by atoms with E-state index in [1.807, 2.05) is 49.4 Å². The number of benzene rings is 1. The smallest absolute Gasteiger partial charge is 0.225 e. The summed E-state index contributed by atoms with van der Waals surface area (Å²) in [6.07, 6.45) is 6.41. The van der Waals surface area contributed by atoms with Gasteiger partial charge in [-0.25, -0.2) is 9.50 Å². The van der Waals surface area contributed by atoms with Gasteiger partial charge in [-0.1, -0.05) is 24.3 Å². The van der Waals surface area contributed by atoms with Crippen molar-refractivity contribution in [3.05, 3.63) is 60.3 Å². The molecule has 0 aliphatic rings. The highest BCUT2D eigenvalue weighted by molar-refractivity contribution is 5.91. The van der Waals surface area contributed by atoms with E-state index < -0.39 is 0 Å². The van der Waals surface area contributed by atoms with Gasteiger partial charge in [0.25, 0.3) is 0 Å². The van der Waals surface area contributed by atoms with E-state index >= 15 is 0 Å². The number of nitrogens with one attached hydrogen (secondary N) is 1. The molecule has 1 aromatic carbocycles. The van der Waals surface area contributed by atoms with E-state index in [9.17, 15) is 4.79 Å². The Hall–Kier alpha value is -3.74. The zero-order valence-electron chi connectivity index (χ0n) is 16.3. The SMILES string of the molecule is C/C=C(\C=NC)CCC(=O)Nc1ccc2ncc(-c3cc4ccccc4o3)n2n1. The van der Waals surface area contributed by atoms with Gasteiger partial charge in [0.05, 0.1) is 6.20 Å². The minimum atomic E-state index is -0.105. The molecule has 4 rings (SSSR count). The number of aliphatic imine (C=N–C) groups is 1. The molecule has 0 fully saturated rings. The van der Waals surface area contributed by atoms with Gasteiger partial charge >= 0.3 is 0 Å². The molecule has 7 nitrogen and oxygen atoms in total. The number of aromatic nitrogens is 3. The van der Waals surface area contributed by atoms with Crippen LogP contribution in [0.1, 0.15) is 19.8 Å². The van der Waals surface area contributed by atoms with Crippen LogP contribution in [0.15, 0.2) is 69.7 Å². The fourth-order valence-electron chi connectivity index (χ4n) is 3.13. The third-order valence-corrected chi connectivity index (χ3v) is 4.61. The van der Waals surface area contributed by atoms with Crippen LogP contribution in [-0.2, 0) is 4.79 Å². The molecule has 29 heavy (non-hydrogen) atoms. The molecule has 146 valence electrons. The van der Waals surface area contributed by atoms with Crippen molar-refractivity contribution in [2.45, 2.75) is 19.8 Å². The van der Waals surface area contributed by atoms with E-state index in [1.54, 1.807) is 30.0 Å². The first-order valence-corrected chi connectivity index (χ1v) is 9.39. The van der Waals surface area contributed by atoms with Crippen molar-refractivity contribution >= 4 is 34.6 Å². The summed E-state index contributed by atoms with van der Waals surface area (Å²) < 4.78 is 7.61. The number of furan rings is 1. The zero-order chi connectivity index (χ0) is 20.2. The molecule has 0 bridgehead atoms. The van der Waals surface area contributed by atoms with Crippen molar-refractivity contribution in [3.8, 4) is 11.5 Å². The van der Waals surface area contributed by atoms with Crippen LogP contribution in [0.5, 0.6) is 0 Å². The molecule has 0 spiro atoms. The second-order valence-electron chi connectivity index (χ2n) is 6.58. The van der Waals surface area contributed by atoms with E-state index in [1.165, 1.54) is 0 Å². The number of anilines is 1. The number of nitrogens with zero attached hydrogens (tertiary/aromatic N) is 4. The summed E-state index contributed by atoms with van der Waals surface area (Å²) in [6, 6.07) is 13.3. The predicted molar refractivity (Wildman–Crippen MR) is 114 cm³/mol. The van der Waals surface area contributed by atoms with Crippen LogP contribution in [-0.4, -0.2) is 33.8 Å². The summed E-state index contributed by atoms with van der Waals surface area (Å²) in [6.45, 7) is 1.93. The number of amides is 1. The van der Waals surface area contributed by atoms with Crippen LogP contribution in [0.2, 0.25) is 0 Å². The van der Waals surface area contributed by atoms with Crippen molar-refractivity contribution in [1.82, 2.24) is 14.6 Å². The first-order valence-electron chi connectivity index (χ1n) is 9.39. The number of imidazole rings is 1. The maximum absolute atomic E-state index is 12.3. The Labute approximate surface area is 167 Å². The normalized spacial score (nSPS) is 12.3. The molecule has 3 heterocycles. The Balaban J connectivity index is 1.56. The maximum atomic E-state index is 12.3. The van der Waals surface area contributed by atoms with E-state index in [-0.39, 0.29) is 5.91 Å². The van der Waals surface area contributed by atoms with E-state index in [0.717, 1.165) is 22.2 Å². The molecule has 0 unspecified atom stereocenters. The number of fused-ring (bicyclic) bond motifs is 2. The average molecular weight is 387 g/mol. The highest BCUT2D eigenvalue weighted by Crippen LogP contribution is 2.28. The number of hydrogen-bond donors (Lipinski definition) is 1. The number of para-hydroxylation sites is 1. The minimum Gasteiger partial charge on any atom is -0.454 e. The Morgan fingerprint density at radius 3 is 2.90 bits per heavy atom. The molecular weight excluding hydrogens is 366 g/mol. The molecule has 0 atom stereocenters.